The highest BCUT2D eigenvalue weighted by Gasteiger charge is 2.31. The van der Waals surface area contributed by atoms with Gasteiger partial charge < -0.3 is 52.1 Å². The maximum Gasteiger partial charge on any atom is 0.311 e. The van der Waals surface area contributed by atoms with E-state index in [1.165, 1.54) is 90.0 Å². The van der Waals surface area contributed by atoms with E-state index in [1.807, 2.05) is 295 Å². The molecule has 21 heteroatoms. The molecule has 10 aromatic carbocycles. The Kier molecular flexibility index (Phi) is 75.5. The minimum Gasteiger partial charge on any atom is -0.490 e. The zero-order valence-corrected chi connectivity index (χ0v) is 91.2. The highest BCUT2D eigenvalue weighted by molar-refractivity contribution is 5.76. The Morgan fingerprint density at radius 2 is 0.584 bits per heavy atom. The highest BCUT2D eigenvalue weighted by atomic mass is 16.6. The monoisotopic (exact) mass is 2050 g/mol. The smallest absolute Gasteiger partial charge is 0.311 e. The Bertz CT molecular complexity index is 5020. The van der Waals surface area contributed by atoms with Gasteiger partial charge in [-0.25, -0.2) is 0 Å². The summed E-state index contributed by atoms with van der Waals surface area (Å²) in [6, 6.07) is 99.6. The van der Waals surface area contributed by atoms with Crippen molar-refractivity contribution in [2.45, 2.75) is 288 Å². The van der Waals surface area contributed by atoms with Crippen LogP contribution in [0.2, 0.25) is 0 Å². The van der Waals surface area contributed by atoms with Crippen LogP contribution in [0.3, 0.4) is 0 Å². The second-order valence-corrected chi connectivity index (χ2v) is 36.9. The van der Waals surface area contributed by atoms with Gasteiger partial charge in [0.05, 0.1) is 76.0 Å². The van der Waals surface area contributed by atoms with Crippen LogP contribution in [0, 0.1) is 23.2 Å². The fraction of sp³-hybridized carbons (Fsp3) is 0.453. The number of hydrogen-bond donors (Lipinski definition) is 0. The topological polar surface area (TPSA) is 272 Å². The molecule has 0 N–H and O–H groups in total. The van der Waals surface area contributed by atoms with Crippen LogP contribution in [0.5, 0.6) is 5.75 Å². The summed E-state index contributed by atoms with van der Waals surface area (Å²) in [6.45, 7) is 27.3. The lowest BCUT2D eigenvalue weighted by Gasteiger charge is -2.19. The van der Waals surface area contributed by atoms with Crippen molar-refractivity contribution in [2.75, 3.05) is 66.1 Å². The van der Waals surface area contributed by atoms with Crippen LogP contribution in [-0.4, -0.2) is 126 Å². The highest BCUT2D eigenvalue weighted by Crippen LogP contribution is 2.30. The molecule has 0 spiro atoms. The first-order valence-electron chi connectivity index (χ1n) is 54.0. The van der Waals surface area contributed by atoms with Crippen molar-refractivity contribution in [1.29, 1.82) is 0 Å². The summed E-state index contributed by atoms with van der Waals surface area (Å²) in [5.74, 6) is 0.267. The lowest BCUT2D eigenvalue weighted by Crippen LogP contribution is -2.23. The summed E-state index contributed by atoms with van der Waals surface area (Å²) in [6.07, 6.45) is 28.2. The summed E-state index contributed by atoms with van der Waals surface area (Å²) < 4.78 is 56.4. The first kappa shape index (κ1) is 130. The zero-order valence-electron chi connectivity index (χ0n) is 91.2. The normalized spacial score (nSPS) is 11.7. The minimum absolute atomic E-state index is 0.0130. The molecule has 21 nitrogen and oxygen atoms in total. The van der Waals surface area contributed by atoms with Gasteiger partial charge in [-0.2, -0.15) is 0 Å². The van der Waals surface area contributed by atoms with Crippen molar-refractivity contribution < 1.29 is 100 Å². The molecule has 0 heterocycles. The third-order valence-electron chi connectivity index (χ3n) is 23.1. The molecule has 0 amide bonds. The van der Waals surface area contributed by atoms with E-state index in [2.05, 4.69) is 64.1 Å². The molecule has 2 saturated carbocycles. The molecule has 2 atom stereocenters. The van der Waals surface area contributed by atoms with Crippen molar-refractivity contribution in [3.63, 3.8) is 0 Å². The first-order valence-corrected chi connectivity index (χ1v) is 54.0. The van der Waals surface area contributed by atoms with Crippen LogP contribution in [0.25, 0.3) is 0 Å². The summed E-state index contributed by atoms with van der Waals surface area (Å²) in [4.78, 5) is 112. The first-order chi connectivity index (χ1) is 72.3. The van der Waals surface area contributed by atoms with Gasteiger partial charge >= 0.3 is 59.7 Å². The molecule has 149 heavy (non-hydrogen) atoms. The Balaban J connectivity index is 0.000000426. The SMILES string of the molecule is CC(=O)OCCc1ccccc1.CC(C)(C)C(=O)OCCc1ccccc1.CCC(=O)OC(C)c1ccccc1.CCC(=O)OCCOc1ccccc1.CCC(=O)OCCc1ccccc1.CCCCC(=O)OCCc1ccccc1.CCCCC(CC)C(=O)OCCc1ccccc1.CCCCCCCC(=O)OCCc1ccccc1.O=C(OCCc1ccccc1)C1CC1.O=C(OCCc1ccccc1)C1CCCCC1. The van der Waals surface area contributed by atoms with Gasteiger partial charge in [0.15, 0.2) is 0 Å². The van der Waals surface area contributed by atoms with Crippen molar-refractivity contribution in [1.82, 2.24) is 0 Å². The summed E-state index contributed by atoms with van der Waals surface area (Å²) in [5.41, 5.74) is 10.3. The molecule has 10 aromatic rings. The summed E-state index contributed by atoms with van der Waals surface area (Å²) in [5, 5.41) is 0. The van der Waals surface area contributed by atoms with E-state index in [0.717, 1.165) is 140 Å². The number of carbonyl (C=O) groups excluding carboxylic acids is 10. The van der Waals surface area contributed by atoms with Gasteiger partial charge in [-0.3, -0.25) is 47.9 Å². The lowest BCUT2D eigenvalue weighted by molar-refractivity contribution is -0.153. The lowest BCUT2D eigenvalue weighted by atomic mass is 9.89. The van der Waals surface area contributed by atoms with E-state index in [1.54, 1.807) is 20.8 Å². The third-order valence-corrected chi connectivity index (χ3v) is 23.1. The van der Waals surface area contributed by atoms with Gasteiger partial charge in [-0.15, -0.1) is 0 Å². The number of para-hydroxylation sites is 1. The van der Waals surface area contributed by atoms with Gasteiger partial charge in [0.25, 0.3) is 0 Å². The molecule has 0 aliphatic heterocycles. The van der Waals surface area contributed by atoms with Crippen molar-refractivity contribution in [3.05, 3.63) is 353 Å². The van der Waals surface area contributed by atoms with Crippen LogP contribution in [0.4, 0.5) is 0 Å². The maximum atomic E-state index is 11.8. The standard InChI is InChI=1S/2C16H24O2.C15H20O2.2C13H18O2.C12H14O2.C11H14O3.2C11H14O2.C10H12O2/c1-3-5-11-15(4-2)16(17)18-13-12-14-9-7-6-8-10-14;1-2-3-4-5-9-12-16(17)18-14-13-15-10-7-6-8-11-15;16-15(14-9-5-2-6-10-14)17-12-11-13-7-3-1-4-8-13;1-13(2,3)12(14)15-10-9-11-7-5-4-6-8-11;1-2-3-9-13(14)15-11-10-12-7-5-4-6-8-12;13-12(11-6-7-11)14-9-8-10-4-2-1-3-5-10;1-2-11(12)14-9-8-13-10-6-4-3-5-7-10;1-3-11(12)13-9(2)10-7-5-4-6-8-10;1-2-11(12)13-9-8-10-6-4-3-5-7-10;1-9(11)12-8-7-10-5-3-2-4-6-10/h6-10,15H,3-5,11-13H2,1-2H3;6-8,10-11H,2-5,9,12-14H2,1H3;1,3-4,7-8,14H,2,5-6,9-12H2;4-8H,9-10H2,1-3H3;4-8H,2-3,9-11H2,1H3;1-5,11H,6-9H2;3-7H,2,8-9H2,1H3;4-9H,3H2,1-2H3;3-7H,2,8-9H2,1H3;2-6H,7-8H2,1H3. The average molecular weight is 2050 g/mol. The quantitative estimate of drug-likeness (QED) is 0.0195. The van der Waals surface area contributed by atoms with Crippen LogP contribution in [-0.2, 0) is 147 Å². The molecule has 2 aliphatic rings. The van der Waals surface area contributed by atoms with Crippen LogP contribution < -0.4 is 4.74 Å². The van der Waals surface area contributed by atoms with Gasteiger partial charge in [0, 0.05) is 90.4 Å². The van der Waals surface area contributed by atoms with E-state index in [-0.39, 0.29) is 83.6 Å². The zero-order chi connectivity index (χ0) is 108. The van der Waals surface area contributed by atoms with E-state index < -0.39 is 5.41 Å². The second kappa shape index (κ2) is 86.6. The molecular weight excluding hydrogens is 1870 g/mol. The Morgan fingerprint density at radius 1 is 0.289 bits per heavy atom. The van der Waals surface area contributed by atoms with Gasteiger partial charge in [-0.1, -0.05) is 404 Å². The van der Waals surface area contributed by atoms with E-state index in [0.29, 0.717) is 98.2 Å². The number of unbranched alkanes of at least 4 members (excludes halogenated alkanes) is 6. The molecule has 2 unspecified atom stereocenters. The molecule has 0 aromatic heterocycles. The number of rotatable bonds is 49. The van der Waals surface area contributed by atoms with Gasteiger partial charge in [0.2, 0.25) is 0 Å². The predicted molar refractivity (Wildman–Crippen MR) is 594 cm³/mol. The minimum atomic E-state index is -0.406. The molecule has 2 aliphatic carbocycles. The van der Waals surface area contributed by atoms with Crippen LogP contribution in [0.15, 0.2) is 303 Å². The van der Waals surface area contributed by atoms with Crippen molar-refractivity contribution >= 4 is 59.7 Å². The van der Waals surface area contributed by atoms with E-state index >= 15 is 0 Å². The Hall–Kier alpha value is -13.3. The number of carbonyl (C=O) groups is 10. The molecule has 2 fully saturated rings. The summed E-state index contributed by atoms with van der Waals surface area (Å²) in [7, 11) is 0. The second-order valence-electron chi connectivity index (χ2n) is 36.9. The van der Waals surface area contributed by atoms with Gasteiger partial charge in [0.1, 0.15) is 25.1 Å². The van der Waals surface area contributed by atoms with Crippen LogP contribution in [0.1, 0.15) is 287 Å². The van der Waals surface area contributed by atoms with E-state index in [9.17, 15) is 47.9 Å². The maximum absolute atomic E-state index is 11.8. The molecule has 810 valence electrons. The largest absolute Gasteiger partial charge is 0.490 e. The number of esters is 10. The van der Waals surface area contributed by atoms with E-state index in [4.69, 9.17) is 52.1 Å². The number of hydrogen-bond acceptors (Lipinski definition) is 21. The Labute approximate surface area is 891 Å². The molecular formula is C128H172O21. The van der Waals surface area contributed by atoms with Crippen molar-refractivity contribution in [2.24, 2.45) is 23.2 Å². The fourth-order valence-electron chi connectivity index (χ4n) is 14.0. The number of benzene rings is 10. The fourth-order valence-corrected chi connectivity index (χ4v) is 14.0. The molecule has 0 saturated heterocycles. The molecule has 0 bridgehead atoms. The third kappa shape index (κ3) is 71.8. The predicted octanol–water partition coefficient (Wildman–Crippen LogP) is 28.1. The summed E-state index contributed by atoms with van der Waals surface area (Å²) >= 11 is 0. The van der Waals surface area contributed by atoms with Gasteiger partial charge in [-0.05, 0) is 141 Å². The van der Waals surface area contributed by atoms with Crippen LogP contribution >= 0.6 is 0 Å². The Morgan fingerprint density at radius 3 is 0.913 bits per heavy atom. The number of ether oxygens (including phenoxy) is 11. The average Bonchev–Trinajstić information content (AvgIpc) is 1.76. The molecule has 0 radical (unpaired) electrons. The van der Waals surface area contributed by atoms with Crippen molar-refractivity contribution in [3.8, 4) is 5.75 Å². The molecule has 12 rings (SSSR count).